The Labute approximate surface area is 170 Å². The summed E-state index contributed by atoms with van der Waals surface area (Å²) >= 11 is 2.65. The molecule has 1 atom stereocenters. The number of ether oxygens (including phenoxy) is 1. The minimum Gasteiger partial charge on any atom is -0.465 e. The Kier molecular flexibility index (Phi) is 6.99. The quantitative estimate of drug-likeness (QED) is 0.312. The molecule has 146 valence electrons. The molecule has 1 aromatic carbocycles. The minimum absolute atomic E-state index is 0.313. The number of hydrogen-bond donors (Lipinski definition) is 0. The van der Waals surface area contributed by atoms with Crippen molar-refractivity contribution >= 4 is 29.5 Å². The van der Waals surface area contributed by atoms with E-state index in [2.05, 4.69) is 20.2 Å². The van der Waals surface area contributed by atoms with Gasteiger partial charge in [-0.2, -0.15) is 0 Å². The summed E-state index contributed by atoms with van der Waals surface area (Å²) in [4.78, 5) is 20.4. The van der Waals surface area contributed by atoms with Gasteiger partial charge in [-0.15, -0.1) is 10.2 Å². The van der Waals surface area contributed by atoms with Crippen molar-refractivity contribution in [3.05, 3.63) is 54.4 Å². The van der Waals surface area contributed by atoms with Crippen LogP contribution in [0.3, 0.4) is 0 Å². The highest BCUT2D eigenvalue weighted by Crippen LogP contribution is 2.28. The lowest BCUT2D eigenvalue weighted by Crippen LogP contribution is -2.17. The maximum atomic E-state index is 13.4. The fourth-order valence-corrected chi connectivity index (χ4v) is 3.88. The van der Waals surface area contributed by atoms with Crippen molar-refractivity contribution in [1.29, 1.82) is 0 Å². The molecule has 2 aromatic heterocycles. The zero-order valence-electron chi connectivity index (χ0n) is 15.3. The van der Waals surface area contributed by atoms with Crippen LogP contribution in [0.25, 0.3) is 5.69 Å². The van der Waals surface area contributed by atoms with Gasteiger partial charge in [-0.25, -0.2) is 14.4 Å². The van der Waals surface area contributed by atoms with E-state index in [-0.39, 0.29) is 11.8 Å². The molecule has 2 heterocycles. The number of aromatic nitrogens is 5. The highest BCUT2D eigenvalue weighted by atomic mass is 32.2. The Hall–Kier alpha value is -2.46. The molecule has 3 aromatic rings. The van der Waals surface area contributed by atoms with Gasteiger partial charge in [0.25, 0.3) is 0 Å². The van der Waals surface area contributed by atoms with Gasteiger partial charge >= 0.3 is 5.97 Å². The number of rotatable bonds is 8. The van der Waals surface area contributed by atoms with E-state index in [4.69, 9.17) is 4.74 Å². The molecule has 3 rings (SSSR count). The van der Waals surface area contributed by atoms with Gasteiger partial charge in [-0.3, -0.25) is 9.36 Å². The van der Waals surface area contributed by atoms with Gasteiger partial charge in [0, 0.05) is 18.1 Å². The molecule has 28 heavy (non-hydrogen) atoms. The van der Waals surface area contributed by atoms with Crippen LogP contribution >= 0.6 is 23.5 Å². The molecule has 0 N–H and O–H groups in total. The lowest BCUT2D eigenvalue weighted by atomic mass is 10.3. The number of carbonyl (C=O) groups excluding carboxylic acids is 1. The molecular formula is C18H18FN5O2S2. The molecule has 10 heteroatoms. The van der Waals surface area contributed by atoms with Crippen LogP contribution in [0.5, 0.6) is 0 Å². The summed E-state index contributed by atoms with van der Waals surface area (Å²) in [5.41, 5.74) is 0.703. The van der Waals surface area contributed by atoms with E-state index in [1.165, 1.54) is 35.7 Å². The Balaban J connectivity index is 1.88. The maximum absolute atomic E-state index is 13.4. The molecule has 0 saturated carbocycles. The Morgan fingerprint density at radius 1 is 1.21 bits per heavy atom. The summed E-state index contributed by atoms with van der Waals surface area (Å²) in [5.74, 6) is 0.444. The largest absolute Gasteiger partial charge is 0.465 e. The predicted molar refractivity (Wildman–Crippen MR) is 105 cm³/mol. The summed E-state index contributed by atoms with van der Waals surface area (Å²) in [5, 5.41) is 9.17. The molecule has 0 unspecified atom stereocenters. The van der Waals surface area contributed by atoms with E-state index < -0.39 is 5.25 Å². The average molecular weight is 420 g/mol. The topological polar surface area (TPSA) is 82.8 Å². The first-order valence-electron chi connectivity index (χ1n) is 8.51. The van der Waals surface area contributed by atoms with Gasteiger partial charge in [0.1, 0.15) is 16.9 Å². The lowest BCUT2D eigenvalue weighted by molar-refractivity contribution is -0.142. The normalized spacial score (nSPS) is 12.0. The highest BCUT2D eigenvalue weighted by Gasteiger charge is 2.22. The summed E-state index contributed by atoms with van der Waals surface area (Å²) < 4.78 is 20.2. The molecule has 0 aliphatic rings. The van der Waals surface area contributed by atoms with Crippen LogP contribution in [-0.4, -0.2) is 42.6 Å². The molecule has 0 spiro atoms. The third kappa shape index (κ3) is 5.08. The first-order chi connectivity index (χ1) is 13.6. The van der Waals surface area contributed by atoms with Gasteiger partial charge < -0.3 is 4.74 Å². The fraction of sp³-hybridized carbons (Fsp3) is 0.278. The van der Waals surface area contributed by atoms with Crippen LogP contribution in [0.1, 0.15) is 19.7 Å². The second-order valence-electron chi connectivity index (χ2n) is 5.54. The first-order valence-corrected chi connectivity index (χ1v) is 10.4. The van der Waals surface area contributed by atoms with Gasteiger partial charge in [-0.1, -0.05) is 23.5 Å². The van der Waals surface area contributed by atoms with Crippen LogP contribution in [0.2, 0.25) is 0 Å². The number of esters is 1. The molecule has 0 radical (unpaired) electrons. The molecule has 7 nitrogen and oxygen atoms in total. The van der Waals surface area contributed by atoms with Crippen molar-refractivity contribution in [2.45, 2.75) is 35.2 Å². The van der Waals surface area contributed by atoms with Gasteiger partial charge in [0.2, 0.25) is 0 Å². The molecular weight excluding hydrogens is 401 g/mol. The number of nitrogens with zero attached hydrogens (tertiary/aromatic N) is 5. The molecule has 0 bridgehead atoms. The number of carbonyl (C=O) groups is 1. The summed E-state index contributed by atoms with van der Waals surface area (Å²) in [7, 11) is 0. The Bertz CT molecular complexity index is 921. The van der Waals surface area contributed by atoms with E-state index in [0.717, 1.165) is 0 Å². The van der Waals surface area contributed by atoms with Gasteiger partial charge in [0.15, 0.2) is 10.3 Å². The van der Waals surface area contributed by atoms with Crippen molar-refractivity contribution in [2.24, 2.45) is 0 Å². The van der Waals surface area contributed by atoms with Crippen LogP contribution in [0.4, 0.5) is 4.39 Å². The fourth-order valence-electron chi connectivity index (χ4n) is 2.27. The van der Waals surface area contributed by atoms with Crippen molar-refractivity contribution in [1.82, 2.24) is 24.7 Å². The molecule has 0 amide bonds. The van der Waals surface area contributed by atoms with Crippen LogP contribution in [0.15, 0.2) is 53.0 Å². The second kappa shape index (κ2) is 9.65. The summed E-state index contributed by atoms with van der Waals surface area (Å²) in [6, 6.07) is 7.78. The average Bonchev–Trinajstić information content (AvgIpc) is 3.10. The highest BCUT2D eigenvalue weighted by molar-refractivity contribution is 8.00. The van der Waals surface area contributed by atoms with E-state index in [1.807, 2.05) is 0 Å². The number of thioether (sulfide) groups is 2. The molecule has 0 saturated heterocycles. The zero-order chi connectivity index (χ0) is 19.9. The van der Waals surface area contributed by atoms with Crippen molar-refractivity contribution < 1.29 is 13.9 Å². The molecule has 0 aliphatic carbocycles. The van der Waals surface area contributed by atoms with E-state index in [9.17, 15) is 9.18 Å². The third-order valence-electron chi connectivity index (χ3n) is 3.56. The smallest absolute Gasteiger partial charge is 0.319 e. The monoisotopic (exact) mass is 419 g/mol. The number of hydrogen-bond acceptors (Lipinski definition) is 8. The maximum Gasteiger partial charge on any atom is 0.319 e. The van der Waals surface area contributed by atoms with Crippen LogP contribution in [-0.2, 0) is 15.3 Å². The Morgan fingerprint density at radius 3 is 2.61 bits per heavy atom. The van der Waals surface area contributed by atoms with Gasteiger partial charge in [-0.05, 0) is 44.2 Å². The minimum atomic E-state index is -0.457. The van der Waals surface area contributed by atoms with Crippen molar-refractivity contribution in [3.8, 4) is 5.69 Å². The van der Waals surface area contributed by atoms with E-state index >= 15 is 0 Å². The standard InChI is InChI=1S/C18H18FN5O2S2/c1-3-26-16(25)12(2)28-18-23-22-15(11-27-17-20-9-4-10-21-17)24(18)14-7-5-13(19)6-8-14/h4-10,12H,3,11H2,1-2H3/t12-/m1/s1. The number of halogens is 1. The molecule has 0 fully saturated rings. The second-order valence-corrected chi connectivity index (χ2v) is 7.79. The van der Waals surface area contributed by atoms with Crippen LogP contribution < -0.4 is 0 Å². The lowest BCUT2D eigenvalue weighted by Gasteiger charge is -2.13. The van der Waals surface area contributed by atoms with Crippen LogP contribution in [0, 0.1) is 5.82 Å². The molecule has 0 aliphatic heterocycles. The zero-order valence-corrected chi connectivity index (χ0v) is 16.9. The SMILES string of the molecule is CCOC(=O)[C@@H](C)Sc1nnc(CSc2ncccn2)n1-c1ccc(F)cc1. The summed E-state index contributed by atoms with van der Waals surface area (Å²) in [6.07, 6.45) is 3.34. The van der Waals surface area contributed by atoms with E-state index in [1.54, 1.807) is 49.0 Å². The van der Waals surface area contributed by atoms with Gasteiger partial charge in [0.05, 0.1) is 12.4 Å². The Morgan fingerprint density at radius 2 is 1.93 bits per heavy atom. The van der Waals surface area contributed by atoms with Crippen molar-refractivity contribution in [2.75, 3.05) is 6.61 Å². The first kappa shape index (κ1) is 20.3. The van der Waals surface area contributed by atoms with Crippen molar-refractivity contribution in [3.63, 3.8) is 0 Å². The third-order valence-corrected chi connectivity index (χ3v) is 5.45. The summed E-state index contributed by atoms with van der Waals surface area (Å²) in [6.45, 7) is 3.82. The predicted octanol–water partition coefficient (Wildman–Crippen LogP) is 3.53. The van der Waals surface area contributed by atoms with E-state index in [0.29, 0.717) is 34.2 Å². The number of benzene rings is 1.